The Morgan fingerprint density at radius 1 is 1.56 bits per heavy atom. The van der Waals surface area contributed by atoms with Gasteiger partial charge in [0, 0.05) is 6.54 Å². The molecule has 2 atom stereocenters. The fourth-order valence-electron chi connectivity index (χ4n) is 2.69. The summed E-state index contributed by atoms with van der Waals surface area (Å²) in [6.07, 6.45) is 4.15. The molecule has 1 heterocycles. The van der Waals surface area contributed by atoms with Gasteiger partial charge in [-0.25, -0.2) is 0 Å². The lowest BCUT2D eigenvalue weighted by atomic mass is 9.79. The average molecular weight is 381 g/mol. The highest BCUT2D eigenvalue weighted by molar-refractivity contribution is 9.13. The predicted molar refractivity (Wildman–Crippen MR) is 78.4 cm³/mol. The van der Waals surface area contributed by atoms with Crippen LogP contribution in [0.5, 0.6) is 0 Å². The Bertz CT molecular complexity index is 388. The summed E-state index contributed by atoms with van der Waals surface area (Å²) < 4.78 is 7.12. The molecule has 2 N–H and O–H groups in total. The summed E-state index contributed by atoms with van der Waals surface area (Å²) >= 11 is 6.70. The summed E-state index contributed by atoms with van der Waals surface area (Å²) in [5, 5.41) is 13.8. The Kier molecular flexibility index (Phi) is 4.92. The molecule has 1 aromatic rings. The molecule has 0 saturated heterocycles. The third kappa shape index (κ3) is 3.83. The molecule has 0 spiro atoms. The summed E-state index contributed by atoms with van der Waals surface area (Å²) in [5.74, 6) is 1.48. The van der Waals surface area contributed by atoms with Gasteiger partial charge in [0.05, 0.1) is 16.6 Å². The van der Waals surface area contributed by atoms with E-state index in [0.717, 1.165) is 29.5 Å². The number of hydrogen-bond acceptors (Lipinski definition) is 3. The normalized spacial score (nSPS) is 28.6. The van der Waals surface area contributed by atoms with E-state index in [2.05, 4.69) is 44.1 Å². The van der Waals surface area contributed by atoms with Crippen molar-refractivity contribution in [3.05, 3.63) is 21.0 Å². The van der Waals surface area contributed by atoms with E-state index in [4.69, 9.17) is 4.42 Å². The SMILES string of the molecule is CC1CCCC(O)(CNCc2cc(Br)c(Br)o2)C1. The van der Waals surface area contributed by atoms with Gasteiger partial charge in [0.15, 0.2) is 4.67 Å². The minimum absolute atomic E-state index is 0.543. The van der Waals surface area contributed by atoms with Crippen LogP contribution >= 0.6 is 31.9 Å². The number of aliphatic hydroxyl groups is 1. The van der Waals surface area contributed by atoms with Crippen LogP contribution in [0.2, 0.25) is 0 Å². The summed E-state index contributed by atoms with van der Waals surface area (Å²) in [7, 11) is 0. The quantitative estimate of drug-likeness (QED) is 0.834. The van der Waals surface area contributed by atoms with Crippen LogP contribution in [-0.2, 0) is 6.54 Å². The number of halogens is 2. The lowest BCUT2D eigenvalue weighted by Gasteiger charge is -2.35. The van der Waals surface area contributed by atoms with E-state index in [1.165, 1.54) is 6.42 Å². The van der Waals surface area contributed by atoms with Crippen molar-refractivity contribution in [2.45, 2.75) is 44.8 Å². The van der Waals surface area contributed by atoms with Crippen molar-refractivity contribution in [1.82, 2.24) is 5.32 Å². The number of hydrogen-bond donors (Lipinski definition) is 2. The lowest BCUT2D eigenvalue weighted by Crippen LogP contribution is -2.43. The molecule has 0 radical (unpaired) electrons. The molecule has 3 nitrogen and oxygen atoms in total. The molecular weight excluding hydrogens is 362 g/mol. The second-order valence-electron chi connectivity index (χ2n) is 5.36. The molecule has 18 heavy (non-hydrogen) atoms. The largest absolute Gasteiger partial charge is 0.452 e. The first-order valence-electron chi connectivity index (χ1n) is 6.35. The molecule has 102 valence electrons. The topological polar surface area (TPSA) is 45.4 Å². The molecule has 1 aromatic heterocycles. The molecule has 1 fully saturated rings. The van der Waals surface area contributed by atoms with Crippen molar-refractivity contribution in [3.8, 4) is 0 Å². The van der Waals surface area contributed by atoms with Crippen molar-refractivity contribution in [3.63, 3.8) is 0 Å². The fraction of sp³-hybridized carbons (Fsp3) is 0.692. The zero-order chi connectivity index (χ0) is 13.2. The Hall–Kier alpha value is 0.160. The van der Waals surface area contributed by atoms with Gasteiger partial charge in [-0.15, -0.1) is 0 Å². The van der Waals surface area contributed by atoms with Crippen molar-refractivity contribution in [2.24, 2.45) is 5.92 Å². The van der Waals surface area contributed by atoms with Gasteiger partial charge in [0.1, 0.15) is 5.76 Å². The Labute approximate surface area is 125 Å². The second kappa shape index (κ2) is 6.07. The van der Waals surface area contributed by atoms with Crippen LogP contribution in [-0.4, -0.2) is 17.3 Å². The van der Waals surface area contributed by atoms with E-state index in [-0.39, 0.29) is 0 Å². The van der Waals surface area contributed by atoms with Gasteiger partial charge in [-0.2, -0.15) is 0 Å². The van der Waals surface area contributed by atoms with Gasteiger partial charge < -0.3 is 14.8 Å². The Balaban J connectivity index is 1.81. The molecule has 0 amide bonds. The molecular formula is C13H19Br2NO2. The fourth-order valence-corrected chi connectivity index (χ4v) is 3.35. The zero-order valence-corrected chi connectivity index (χ0v) is 13.7. The van der Waals surface area contributed by atoms with Gasteiger partial charge in [-0.3, -0.25) is 0 Å². The Morgan fingerprint density at radius 3 is 2.94 bits per heavy atom. The first-order chi connectivity index (χ1) is 8.48. The maximum Gasteiger partial charge on any atom is 0.183 e. The second-order valence-corrected chi connectivity index (χ2v) is 6.94. The van der Waals surface area contributed by atoms with Crippen LogP contribution in [0.1, 0.15) is 38.4 Å². The average Bonchev–Trinajstić information content (AvgIpc) is 2.57. The van der Waals surface area contributed by atoms with E-state index < -0.39 is 5.60 Å². The van der Waals surface area contributed by atoms with Crippen molar-refractivity contribution < 1.29 is 9.52 Å². The monoisotopic (exact) mass is 379 g/mol. The van der Waals surface area contributed by atoms with Crippen molar-refractivity contribution >= 4 is 31.9 Å². The number of furan rings is 1. The Morgan fingerprint density at radius 2 is 2.33 bits per heavy atom. The molecule has 2 rings (SSSR count). The van der Waals surface area contributed by atoms with Gasteiger partial charge in [0.25, 0.3) is 0 Å². The standard InChI is InChI=1S/C13H19Br2NO2/c1-9-3-2-4-13(17,6-9)8-16-7-10-5-11(14)12(15)18-10/h5,9,16-17H,2-4,6-8H2,1H3. The third-order valence-corrected chi connectivity index (χ3v) is 5.23. The first-order valence-corrected chi connectivity index (χ1v) is 7.94. The maximum atomic E-state index is 10.5. The molecule has 0 aliphatic heterocycles. The van der Waals surface area contributed by atoms with Gasteiger partial charge in [-0.1, -0.05) is 19.8 Å². The highest BCUT2D eigenvalue weighted by atomic mass is 79.9. The van der Waals surface area contributed by atoms with Gasteiger partial charge in [-0.05, 0) is 56.7 Å². The van der Waals surface area contributed by atoms with E-state index in [9.17, 15) is 5.11 Å². The van der Waals surface area contributed by atoms with E-state index >= 15 is 0 Å². The van der Waals surface area contributed by atoms with Crippen LogP contribution in [0.3, 0.4) is 0 Å². The van der Waals surface area contributed by atoms with Gasteiger partial charge in [0.2, 0.25) is 0 Å². The summed E-state index contributed by atoms with van der Waals surface area (Å²) in [4.78, 5) is 0. The molecule has 1 aliphatic carbocycles. The van der Waals surface area contributed by atoms with Crippen molar-refractivity contribution in [2.75, 3.05) is 6.54 Å². The molecule has 0 aromatic carbocycles. The van der Waals surface area contributed by atoms with Crippen LogP contribution in [0.15, 0.2) is 19.6 Å². The third-order valence-electron chi connectivity index (χ3n) is 3.52. The smallest absolute Gasteiger partial charge is 0.183 e. The first kappa shape index (κ1) is 14.6. The molecule has 1 saturated carbocycles. The van der Waals surface area contributed by atoms with Crippen LogP contribution in [0.25, 0.3) is 0 Å². The lowest BCUT2D eigenvalue weighted by molar-refractivity contribution is -0.0121. The van der Waals surface area contributed by atoms with Gasteiger partial charge >= 0.3 is 0 Å². The zero-order valence-electron chi connectivity index (χ0n) is 10.5. The van der Waals surface area contributed by atoms with Crippen LogP contribution in [0, 0.1) is 5.92 Å². The van der Waals surface area contributed by atoms with E-state index in [0.29, 0.717) is 23.7 Å². The summed E-state index contributed by atoms with van der Waals surface area (Å²) in [6.45, 7) is 3.49. The van der Waals surface area contributed by atoms with E-state index in [1.54, 1.807) is 0 Å². The summed E-state index contributed by atoms with van der Waals surface area (Å²) in [6, 6.07) is 1.94. The van der Waals surface area contributed by atoms with Crippen LogP contribution < -0.4 is 5.32 Å². The highest BCUT2D eigenvalue weighted by Crippen LogP contribution is 2.32. The maximum absolute atomic E-state index is 10.5. The number of nitrogens with one attached hydrogen (secondary N) is 1. The molecule has 2 unspecified atom stereocenters. The van der Waals surface area contributed by atoms with Crippen molar-refractivity contribution in [1.29, 1.82) is 0 Å². The molecule has 0 bridgehead atoms. The highest BCUT2D eigenvalue weighted by Gasteiger charge is 2.32. The summed E-state index contributed by atoms with van der Waals surface area (Å²) in [5.41, 5.74) is -0.543. The minimum atomic E-state index is -0.543. The van der Waals surface area contributed by atoms with E-state index in [1.807, 2.05) is 6.07 Å². The predicted octanol–water partition coefficient (Wildman–Crippen LogP) is 3.84. The minimum Gasteiger partial charge on any atom is -0.452 e. The number of rotatable bonds is 4. The molecule has 1 aliphatic rings. The van der Waals surface area contributed by atoms with Crippen LogP contribution in [0.4, 0.5) is 0 Å². The molecule has 5 heteroatoms.